The topological polar surface area (TPSA) is 73.9 Å². The Morgan fingerprint density at radius 3 is 2.79 bits per heavy atom. The number of hydrogen-bond donors (Lipinski definition) is 1. The molecule has 1 aliphatic heterocycles. The second kappa shape index (κ2) is 7.50. The zero-order chi connectivity index (χ0) is 16.8. The second-order valence-corrected chi connectivity index (χ2v) is 5.23. The van der Waals surface area contributed by atoms with E-state index in [2.05, 4.69) is 5.32 Å². The van der Waals surface area contributed by atoms with Gasteiger partial charge in [-0.2, -0.15) is 0 Å². The van der Waals surface area contributed by atoms with E-state index in [1.165, 1.54) is 0 Å². The first-order valence-electron chi connectivity index (χ1n) is 7.66. The molecule has 0 unspecified atom stereocenters. The molecule has 0 aliphatic carbocycles. The molecule has 24 heavy (non-hydrogen) atoms. The molecule has 0 fully saturated rings. The molecular weight excluding hydrogens is 310 g/mol. The summed E-state index contributed by atoms with van der Waals surface area (Å²) in [5.41, 5.74) is 0.572. The molecule has 3 rings (SSSR count). The first kappa shape index (κ1) is 15.9. The summed E-state index contributed by atoms with van der Waals surface area (Å²) in [4.78, 5) is 23.1. The van der Waals surface area contributed by atoms with E-state index in [1.54, 1.807) is 18.2 Å². The molecule has 1 aliphatic rings. The van der Waals surface area contributed by atoms with Crippen molar-refractivity contribution in [3.8, 4) is 17.2 Å². The molecule has 0 aromatic heterocycles. The van der Waals surface area contributed by atoms with Crippen molar-refractivity contribution in [3.05, 3.63) is 48.5 Å². The van der Waals surface area contributed by atoms with Crippen LogP contribution in [-0.2, 0) is 9.59 Å². The third-order valence-corrected chi connectivity index (χ3v) is 3.35. The third-order valence-electron chi connectivity index (χ3n) is 3.35. The number of esters is 1. The molecule has 6 nitrogen and oxygen atoms in total. The monoisotopic (exact) mass is 327 g/mol. The number of fused-ring (bicyclic) bond motifs is 1. The van der Waals surface area contributed by atoms with Gasteiger partial charge in [0.2, 0.25) is 0 Å². The van der Waals surface area contributed by atoms with E-state index in [0.717, 1.165) is 5.75 Å². The van der Waals surface area contributed by atoms with Crippen molar-refractivity contribution < 1.29 is 23.8 Å². The van der Waals surface area contributed by atoms with Crippen molar-refractivity contribution in [2.45, 2.75) is 12.8 Å². The summed E-state index contributed by atoms with van der Waals surface area (Å²) in [5.74, 6) is 1.11. The van der Waals surface area contributed by atoms with Gasteiger partial charge in [-0.1, -0.05) is 18.2 Å². The summed E-state index contributed by atoms with van der Waals surface area (Å²) in [6, 6.07) is 14.3. The molecule has 2 aromatic rings. The molecule has 124 valence electrons. The first-order chi connectivity index (χ1) is 11.7. The number of benzene rings is 2. The van der Waals surface area contributed by atoms with Crippen LogP contribution in [0, 0.1) is 0 Å². The predicted molar refractivity (Wildman–Crippen MR) is 87.4 cm³/mol. The average molecular weight is 327 g/mol. The summed E-state index contributed by atoms with van der Waals surface area (Å²) in [7, 11) is 0. The smallest absolute Gasteiger partial charge is 0.311 e. The van der Waals surface area contributed by atoms with Crippen molar-refractivity contribution in [3.63, 3.8) is 0 Å². The second-order valence-electron chi connectivity index (χ2n) is 5.23. The van der Waals surface area contributed by atoms with E-state index in [1.807, 2.05) is 30.3 Å². The normalized spacial score (nSPS) is 12.6. The van der Waals surface area contributed by atoms with Gasteiger partial charge in [0.1, 0.15) is 17.2 Å². The van der Waals surface area contributed by atoms with Crippen molar-refractivity contribution >= 4 is 17.6 Å². The van der Waals surface area contributed by atoms with Crippen LogP contribution < -0.4 is 19.5 Å². The first-order valence-corrected chi connectivity index (χ1v) is 7.66. The molecule has 0 bridgehead atoms. The minimum absolute atomic E-state index is 0.0405. The number of hydrogen-bond acceptors (Lipinski definition) is 5. The van der Waals surface area contributed by atoms with Gasteiger partial charge in [-0.05, 0) is 30.7 Å². The van der Waals surface area contributed by atoms with Crippen LogP contribution in [-0.4, -0.2) is 25.1 Å². The fourth-order valence-corrected chi connectivity index (χ4v) is 2.22. The Morgan fingerprint density at radius 1 is 1.12 bits per heavy atom. The van der Waals surface area contributed by atoms with Crippen LogP contribution in [0.25, 0.3) is 0 Å². The van der Waals surface area contributed by atoms with E-state index in [-0.39, 0.29) is 24.9 Å². The van der Waals surface area contributed by atoms with Crippen molar-refractivity contribution in [1.82, 2.24) is 0 Å². The van der Waals surface area contributed by atoms with Crippen LogP contribution >= 0.6 is 0 Å². The fourth-order valence-electron chi connectivity index (χ4n) is 2.22. The minimum Gasteiger partial charge on any atom is -0.494 e. The Labute approximate surface area is 139 Å². The highest BCUT2D eigenvalue weighted by Gasteiger charge is 2.17. The number of rotatable bonds is 6. The molecule has 1 heterocycles. The Kier molecular flexibility index (Phi) is 4.96. The van der Waals surface area contributed by atoms with E-state index >= 15 is 0 Å². The fraction of sp³-hybridized carbons (Fsp3) is 0.222. The maximum atomic E-state index is 11.9. The summed E-state index contributed by atoms with van der Waals surface area (Å²) in [6.45, 7) is 0.402. The van der Waals surface area contributed by atoms with Gasteiger partial charge in [0.25, 0.3) is 5.91 Å². The number of nitrogens with one attached hydrogen (secondary N) is 1. The van der Waals surface area contributed by atoms with E-state index in [4.69, 9.17) is 14.2 Å². The zero-order valence-corrected chi connectivity index (χ0v) is 13.0. The van der Waals surface area contributed by atoms with Gasteiger partial charge < -0.3 is 19.5 Å². The van der Waals surface area contributed by atoms with Crippen molar-refractivity contribution in [2.75, 3.05) is 18.5 Å². The van der Waals surface area contributed by atoms with E-state index in [9.17, 15) is 9.59 Å². The minimum atomic E-state index is -0.341. The van der Waals surface area contributed by atoms with Gasteiger partial charge in [0.05, 0.1) is 12.3 Å². The lowest BCUT2D eigenvalue weighted by Gasteiger charge is -2.18. The molecule has 0 saturated carbocycles. The average Bonchev–Trinajstić information content (AvgIpc) is 2.60. The van der Waals surface area contributed by atoms with Gasteiger partial charge in [0.15, 0.2) is 6.61 Å². The van der Waals surface area contributed by atoms with Crippen molar-refractivity contribution in [2.24, 2.45) is 0 Å². The quantitative estimate of drug-likeness (QED) is 0.502. The van der Waals surface area contributed by atoms with Crippen LogP contribution in [0.1, 0.15) is 12.8 Å². The van der Waals surface area contributed by atoms with Crippen LogP contribution in [0.4, 0.5) is 5.69 Å². The molecule has 0 radical (unpaired) electrons. The maximum Gasteiger partial charge on any atom is 0.311 e. The number of carbonyl (C=O) groups is 2. The molecule has 1 amide bonds. The van der Waals surface area contributed by atoms with Crippen LogP contribution in [0.2, 0.25) is 0 Å². The van der Waals surface area contributed by atoms with Crippen LogP contribution in [0.3, 0.4) is 0 Å². The molecule has 0 atom stereocenters. The van der Waals surface area contributed by atoms with Gasteiger partial charge in [-0.3, -0.25) is 9.59 Å². The van der Waals surface area contributed by atoms with Gasteiger partial charge in [0, 0.05) is 12.5 Å². The van der Waals surface area contributed by atoms with Gasteiger partial charge in [-0.15, -0.1) is 0 Å². The summed E-state index contributed by atoms with van der Waals surface area (Å²) < 4.78 is 16.1. The van der Waals surface area contributed by atoms with E-state index in [0.29, 0.717) is 30.2 Å². The zero-order valence-electron chi connectivity index (χ0n) is 13.0. The number of carbonyl (C=O) groups excluding carboxylic acids is 2. The Balaban J connectivity index is 1.44. The van der Waals surface area contributed by atoms with Gasteiger partial charge in [-0.25, -0.2) is 0 Å². The molecule has 0 spiro atoms. The maximum absolute atomic E-state index is 11.9. The van der Waals surface area contributed by atoms with Crippen LogP contribution in [0.5, 0.6) is 17.2 Å². The highest BCUT2D eigenvalue weighted by molar-refractivity contribution is 5.95. The largest absolute Gasteiger partial charge is 0.494 e. The summed E-state index contributed by atoms with van der Waals surface area (Å²) in [5, 5.41) is 2.68. The SMILES string of the molecule is O=C1COc2cc(OC(=O)CCCOc3ccccc3)ccc2N1. The highest BCUT2D eigenvalue weighted by Crippen LogP contribution is 2.31. The Morgan fingerprint density at radius 2 is 1.96 bits per heavy atom. The predicted octanol–water partition coefficient (Wildman–Crippen LogP) is 2.78. The molecule has 2 aromatic carbocycles. The summed E-state index contributed by atoms with van der Waals surface area (Å²) >= 11 is 0. The Hall–Kier alpha value is -3.02. The lowest BCUT2D eigenvalue weighted by atomic mass is 10.2. The molecule has 0 saturated heterocycles. The van der Waals surface area contributed by atoms with Crippen molar-refractivity contribution in [1.29, 1.82) is 0 Å². The summed E-state index contributed by atoms with van der Waals surface area (Å²) in [6.07, 6.45) is 0.812. The number of ether oxygens (including phenoxy) is 3. The standard InChI is InChI=1S/C18H17NO5/c20-17-12-23-16-11-14(8-9-15(16)19-17)24-18(21)7-4-10-22-13-5-2-1-3-6-13/h1-3,5-6,8-9,11H,4,7,10,12H2,(H,19,20). The Bertz CT molecular complexity index is 729. The number of para-hydroxylation sites is 1. The molecule has 6 heteroatoms. The number of amides is 1. The van der Waals surface area contributed by atoms with Crippen LogP contribution in [0.15, 0.2) is 48.5 Å². The lowest BCUT2D eigenvalue weighted by molar-refractivity contribution is -0.134. The molecule has 1 N–H and O–H groups in total. The number of anilines is 1. The highest BCUT2D eigenvalue weighted by atomic mass is 16.5. The van der Waals surface area contributed by atoms with E-state index < -0.39 is 0 Å². The van der Waals surface area contributed by atoms with Gasteiger partial charge >= 0.3 is 5.97 Å². The third kappa shape index (κ3) is 4.25. The lowest BCUT2D eigenvalue weighted by Crippen LogP contribution is -2.25. The molecular formula is C18H17NO5.